The Morgan fingerprint density at radius 3 is 3.00 bits per heavy atom. The van der Waals surface area contributed by atoms with Crippen molar-refractivity contribution in [2.45, 2.75) is 6.17 Å². The number of halogens is 1. The Morgan fingerprint density at radius 2 is 2.46 bits per heavy atom. The lowest BCUT2D eigenvalue weighted by molar-refractivity contribution is -0.104. The second kappa shape index (κ2) is 4.20. The molecule has 0 saturated carbocycles. The summed E-state index contributed by atoms with van der Waals surface area (Å²) in [6, 6.07) is 0. The molecule has 70 valence electrons. The van der Waals surface area contributed by atoms with Crippen molar-refractivity contribution in [3.05, 3.63) is 22.8 Å². The minimum atomic E-state index is -0.573. The van der Waals surface area contributed by atoms with Gasteiger partial charge in [0.15, 0.2) is 6.29 Å². The molecular formula is C8H9ClN2O2. The fraction of sp³-hybridized carbons (Fsp3) is 0.250. The molecule has 1 heterocycles. The van der Waals surface area contributed by atoms with E-state index in [1.807, 2.05) is 0 Å². The lowest BCUT2D eigenvalue weighted by atomic mass is 10.2. The summed E-state index contributed by atoms with van der Waals surface area (Å²) in [4.78, 5) is 14.5. The van der Waals surface area contributed by atoms with Crippen molar-refractivity contribution in [3.8, 4) is 0 Å². The van der Waals surface area contributed by atoms with E-state index >= 15 is 0 Å². The van der Waals surface area contributed by atoms with Gasteiger partial charge in [-0.05, 0) is 12.2 Å². The zero-order valence-corrected chi connectivity index (χ0v) is 7.78. The third-order valence-corrected chi connectivity index (χ3v) is 1.69. The molecule has 0 spiro atoms. The summed E-state index contributed by atoms with van der Waals surface area (Å²) in [7, 11) is 1.42. The number of carbonyl (C=O) groups is 1. The molecule has 0 aromatic rings. The Hall–Kier alpha value is -1.13. The molecule has 0 fully saturated rings. The first kappa shape index (κ1) is 9.95. The number of carbonyl (C=O) groups excluding carboxylic acids is 1. The van der Waals surface area contributed by atoms with Crippen LogP contribution in [0.3, 0.4) is 0 Å². The fourth-order valence-corrected chi connectivity index (χ4v) is 1.17. The van der Waals surface area contributed by atoms with Crippen LogP contribution in [0.25, 0.3) is 0 Å². The molecule has 1 aliphatic heterocycles. The summed E-state index contributed by atoms with van der Waals surface area (Å²) in [6.45, 7) is 0. The van der Waals surface area contributed by atoms with Crippen LogP contribution in [0.4, 0.5) is 0 Å². The maximum Gasteiger partial charge on any atom is 0.221 e. The number of aliphatic imine (C=N–C) groups is 1. The third kappa shape index (κ3) is 2.40. The SMILES string of the molecule is COC1=NC(N)C=C(Cl)C=C1C=O. The van der Waals surface area contributed by atoms with Crippen LogP contribution >= 0.6 is 11.6 Å². The summed E-state index contributed by atoms with van der Waals surface area (Å²) in [6.07, 6.45) is 3.04. The van der Waals surface area contributed by atoms with Gasteiger partial charge >= 0.3 is 0 Å². The number of methoxy groups -OCH3 is 1. The van der Waals surface area contributed by atoms with Crippen LogP contribution in [0.5, 0.6) is 0 Å². The molecule has 0 bridgehead atoms. The molecule has 0 aliphatic carbocycles. The predicted molar refractivity (Wildman–Crippen MR) is 50.5 cm³/mol. The predicted octanol–water partition coefficient (Wildman–Crippen LogP) is 0.578. The Bertz CT molecular complexity index is 307. The second-order valence-corrected chi connectivity index (χ2v) is 2.83. The number of rotatable bonds is 1. The molecule has 0 radical (unpaired) electrons. The van der Waals surface area contributed by atoms with Gasteiger partial charge in [0.1, 0.15) is 6.17 Å². The number of nitrogens with two attached hydrogens (primary N) is 1. The molecule has 13 heavy (non-hydrogen) atoms. The number of allylic oxidation sites excluding steroid dienone is 2. The molecule has 2 N–H and O–H groups in total. The van der Waals surface area contributed by atoms with E-state index in [9.17, 15) is 4.79 Å². The summed E-state index contributed by atoms with van der Waals surface area (Å²) in [5.74, 6) is 0.203. The molecule has 0 saturated heterocycles. The van der Waals surface area contributed by atoms with Crippen molar-refractivity contribution in [2.75, 3.05) is 7.11 Å². The number of aldehydes is 1. The number of nitrogens with zero attached hydrogens (tertiary/aromatic N) is 1. The van der Waals surface area contributed by atoms with Crippen LogP contribution in [-0.2, 0) is 9.53 Å². The molecule has 1 rings (SSSR count). The van der Waals surface area contributed by atoms with Crippen molar-refractivity contribution >= 4 is 23.8 Å². The first-order valence-electron chi connectivity index (χ1n) is 3.59. The smallest absolute Gasteiger partial charge is 0.221 e. The molecule has 1 atom stereocenters. The molecule has 0 aromatic carbocycles. The number of hydrogen-bond acceptors (Lipinski definition) is 4. The van der Waals surface area contributed by atoms with Gasteiger partial charge in [-0.1, -0.05) is 11.6 Å². The van der Waals surface area contributed by atoms with Crippen molar-refractivity contribution in [1.82, 2.24) is 0 Å². The number of hydrogen-bond donors (Lipinski definition) is 1. The van der Waals surface area contributed by atoms with Crippen LogP contribution in [0, 0.1) is 0 Å². The zero-order valence-electron chi connectivity index (χ0n) is 7.03. The van der Waals surface area contributed by atoms with Gasteiger partial charge < -0.3 is 10.5 Å². The van der Waals surface area contributed by atoms with E-state index < -0.39 is 6.17 Å². The lowest BCUT2D eigenvalue weighted by Crippen LogP contribution is -2.17. The Morgan fingerprint density at radius 1 is 1.77 bits per heavy atom. The Labute approximate surface area is 80.7 Å². The van der Waals surface area contributed by atoms with Crippen LogP contribution in [0.15, 0.2) is 27.7 Å². The highest BCUT2D eigenvalue weighted by Crippen LogP contribution is 2.13. The minimum Gasteiger partial charge on any atom is -0.481 e. The maximum atomic E-state index is 10.6. The number of ether oxygens (including phenoxy) is 1. The highest BCUT2D eigenvalue weighted by molar-refractivity contribution is 6.32. The first-order chi connectivity index (χ1) is 6.17. The molecule has 5 heteroatoms. The monoisotopic (exact) mass is 200 g/mol. The largest absolute Gasteiger partial charge is 0.481 e. The summed E-state index contributed by atoms with van der Waals surface area (Å²) < 4.78 is 4.87. The van der Waals surface area contributed by atoms with Crippen molar-refractivity contribution in [1.29, 1.82) is 0 Å². The average Bonchev–Trinajstić information content (AvgIpc) is 2.23. The molecule has 0 aromatic heterocycles. The van der Waals surface area contributed by atoms with E-state index in [1.165, 1.54) is 19.3 Å². The molecule has 4 nitrogen and oxygen atoms in total. The van der Waals surface area contributed by atoms with Gasteiger partial charge in [-0.3, -0.25) is 4.79 Å². The van der Waals surface area contributed by atoms with Crippen LogP contribution in [0.2, 0.25) is 0 Å². The van der Waals surface area contributed by atoms with Crippen molar-refractivity contribution in [2.24, 2.45) is 10.7 Å². The third-order valence-electron chi connectivity index (χ3n) is 1.46. The topological polar surface area (TPSA) is 64.7 Å². The maximum absolute atomic E-state index is 10.6. The zero-order chi connectivity index (χ0) is 9.84. The van der Waals surface area contributed by atoms with E-state index in [4.69, 9.17) is 22.1 Å². The molecular weight excluding hydrogens is 192 g/mol. The minimum absolute atomic E-state index is 0.203. The summed E-state index contributed by atoms with van der Waals surface area (Å²) in [5.41, 5.74) is 5.82. The molecule has 0 amide bonds. The van der Waals surface area contributed by atoms with Crippen molar-refractivity contribution in [3.63, 3.8) is 0 Å². The summed E-state index contributed by atoms with van der Waals surface area (Å²) in [5, 5.41) is 0.380. The molecule has 1 aliphatic rings. The van der Waals surface area contributed by atoms with E-state index in [0.717, 1.165) is 0 Å². The van der Waals surface area contributed by atoms with Gasteiger partial charge in [0.25, 0.3) is 0 Å². The van der Waals surface area contributed by atoms with Crippen LogP contribution in [0.1, 0.15) is 0 Å². The van der Waals surface area contributed by atoms with Crippen LogP contribution in [-0.4, -0.2) is 25.5 Å². The second-order valence-electron chi connectivity index (χ2n) is 2.40. The van der Waals surface area contributed by atoms with E-state index in [-0.39, 0.29) is 11.5 Å². The first-order valence-corrected chi connectivity index (χ1v) is 3.97. The van der Waals surface area contributed by atoms with Gasteiger partial charge in [0, 0.05) is 5.03 Å². The summed E-state index contributed by atoms with van der Waals surface area (Å²) >= 11 is 5.73. The van der Waals surface area contributed by atoms with Gasteiger partial charge in [-0.15, -0.1) is 0 Å². The highest BCUT2D eigenvalue weighted by atomic mass is 35.5. The van der Waals surface area contributed by atoms with Crippen LogP contribution < -0.4 is 5.73 Å². The van der Waals surface area contributed by atoms with Gasteiger partial charge in [-0.2, -0.15) is 0 Å². The fourth-order valence-electron chi connectivity index (χ4n) is 0.924. The van der Waals surface area contributed by atoms with Gasteiger partial charge in [0.05, 0.1) is 12.7 Å². The van der Waals surface area contributed by atoms with Gasteiger partial charge in [0.2, 0.25) is 5.90 Å². The Kier molecular flexibility index (Phi) is 3.22. The standard InChI is InChI=1S/C8H9ClN2O2/c1-13-8-5(4-12)2-6(9)3-7(10)11-8/h2-4,7H,10H2,1H3. The van der Waals surface area contributed by atoms with Gasteiger partial charge in [-0.25, -0.2) is 4.99 Å². The van der Waals surface area contributed by atoms with E-state index in [1.54, 1.807) is 0 Å². The normalized spacial score (nSPS) is 22.4. The van der Waals surface area contributed by atoms with Crippen molar-refractivity contribution < 1.29 is 9.53 Å². The van der Waals surface area contributed by atoms with E-state index in [2.05, 4.69) is 4.99 Å². The quantitative estimate of drug-likeness (QED) is 0.630. The molecule has 1 unspecified atom stereocenters. The Balaban J connectivity index is 3.09. The lowest BCUT2D eigenvalue weighted by Gasteiger charge is -2.03. The average molecular weight is 201 g/mol. The van der Waals surface area contributed by atoms with E-state index in [0.29, 0.717) is 11.3 Å². The highest BCUT2D eigenvalue weighted by Gasteiger charge is 2.12.